The van der Waals surface area contributed by atoms with Gasteiger partial charge >= 0.3 is 149 Å². The van der Waals surface area contributed by atoms with Gasteiger partial charge in [0.1, 0.15) is 0 Å². The fourth-order valence-electron chi connectivity index (χ4n) is 3.97. The fourth-order valence-corrected chi connectivity index (χ4v) is 9.37. The molecule has 0 saturated carbocycles. The molecule has 1 heterocycles. The molecule has 1 fully saturated rings. The van der Waals surface area contributed by atoms with Crippen molar-refractivity contribution in [2.75, 3.05) is 19.9 Å². The van der Waals surface area contributed by atoms with Crippen LogP contribution in [0.15, 0.2) is 91.0 Å². The Morgan fingerprint density at radius 1 is 0.615 bits per heavy atom. The molecule has 1 saturated heterocycles. The summed E-state index contributed by atoms with van der Waals surface area (Å²) >= 11 is 0. The van der Waals surface area contributed by atoms with E-state index in [1.54, 1.807) is 0 Å². The van der Waals surface area contributed by atoms with Crippen molar-refractivity contribution in [1.29, 1.82) is 0 Å². The number of hydrogen-bond acceptors (Lipinski definition) is 2. The Morgan fingerprint density at radius 3 is 1.23 bits per heavy atom. The van der Waals surface area contributed by atoms with Crippen LogP contribution in [-0.4, -0.2) is 25.9 Å². The van der Waals surface area contributed by atoms with Crippen molar-refractivity contribution >= 4 is 39.5 Å². The predicted octanol–water partition coefficient (Wildman–Crippen LogP) is 4.05. The Morgan fingerprint density at radius 2 is 0.923 bits per heavy atom. The van der Waals surface area contributed by atoms with Crippen LogP contribution in [0.5, 0.6) is 0 Å². The van der Waals surface area contributed by atoms with E-state index >= 15 is 0 Å². The molecule has 4 rings (SSSR count). The van der Waals surface area contributed by atoms with Crippen molar-refractivity contribution in [2.24, 2.45) is 0 Å². The third-order valence-electron chi connectivity index (χ3n) is 5.40. The first kappa shape index (κ1) is 19.3. The summed E-state index contributed by atoms with van der Waals surface area (Å²) in [6.45, 7) is 0.711. The molecular formula is C22H24BrO2P. The summed E-state index contributed by atoms with van der Waals surface area (Å²) < 4.78 is 12.4. The summed E-state index contributed by atoms with van der Waals surface area (Å²) in [4.78, 5) is 0. The SMILES string of the molecule is Br.CP(c1ccccc1)(c1ccccc1)(c1ccccc1)C1OCCO1. The van der Waals surface area contributed by atoms with Gasteiger partial charge in [-0.2, -0.15) is 0 Å². The quantitative estimate of drug-likeness (QED) is 0.581. The first-order valence-corrected chi connectivity index (χ1v) is 11.4. The normalized spacial score (nSPS) is 16.4. The topological polar surface area (TPSA) is 18.5 Å². The van der Waals surface area contributed by atoms with Gasteiger partial charge in [-0.15, -0.1) is 17.0 Å². The van der Waals surface area contributed by atoms with Crippen molar-refractivity contribution in [3.8, 4) is 0 Å². The van der Waals surface area contributed by atoms with E-state index in [0.29, 0.717) is 13.2 Å². The number of hydrogen-bond donors (Lipinski definition) is 0. The molecule has 3 aromatic rings. The van der Waals surface area contributed by atoms with Gasteiger partial charge in [0.15, 0.2) is 0 Å². The molecule has 1 aliphatic heterocycles. The van der Waals surface area contributed by atoms with E-state index in [9.17, 15) is 0 Å². The molecular weight excluding hydrogens is 407 g/mol. The molecule has 0 bridgehead atoms. The van der Waals surface area contributed by atoms with E-state index in [0.717, 1.165) is 0 Å². The van der Waals surface area contributed by atoms with E-state index in [4.69, 9.17) is 9.47 Å². The summed E-state index contributed by atoms with van der Waals surface area (Å²) in [5.74, 6) is 0. The molecule has 4 heteroatoms. The average molecular weight is 431 g/mol. The zero-order valence-corrected chi connectivity index (χ0v) is 17.4. The molecule has 3 aromatic carbocycles. The van der Waals surface area contributed by atoms with Crippen LogP contribution in [-0.2, 0) is 9.47 Å². The first-order valence-electron chi connectivity index (χ1n) is 8.66. The molecule has 2 nitrogen and oxygen atoms in total. The van der Waals surface area contributed by atoms with Gasteiger partial charge in [0, 0.05) is 0 Å². The fraction of sp³-hybridized carbons (Fsp3) is 0.182. The van der Waals surface area contributed by atoms with Gasteiger partial charge in [-0.25, -0.2) is 0 Å². The van der Waals surface area contributed by atoms with Crippen molar-refractivity contribution in [1.82, 2.24) is 0 Å². The second-order valence-corrected chi connectivity index (χ2v) is 12.0. The summed E-state index contributed by atoms with van der Waals surface area (Å²) in [5, 5.41) is 3.87. The van der Waals surface area contributed by atoms with E-state index in [1.165, 1.54) is 15.9 Å². The molecule has 0 aromatic heterocycles. The molecule has 0 N–H and O–H groups in total. The molecule has 0 atom stereocenters. The number of rotatable bonds is 4. The van der Waals surface area contributed by atoms with Crippen LogP contribution < -0.4 is 15.9 Å². The Bertz CT molecular complexity index is 734. The Balaban J connectivity index is 0.00000196. The van der Waals surface area contributed by atoms with Gasteiger partial charge in [0.2, 0.25) is 0 Å². The maximum atomic E-state index is 6.22. The molecule has 1 aliphatic rings. The molecule has 0 unspecified atom stereocenters. The second kappa shape index (κ2) is 7.62. The summed E-state index contributed by atoms with van der Waals surface area (Å²) in [6.07, 6.45) is 0. The van der Waals surface area contributed by atoms with Crippen LogP contribution in [0.3, 0.4) is 0 Å². The summed E-state index contributed by atoms with van der Waals surface area (Å²) in [7, 11) is 0. The first-order chi connectivity index (χ1) is 12.2. The third kappa shape index (κ3) is 2.75. The number of ether oxygens (including phenoxy) is 2. The van der Waals surface area contributed by atoms with Gasteiger partial charge in [0.05, 0.1) is 0 Å². The zero-order chi connectivity index (χ0) is 17.2. The Hall–Kier alpha value is -1.51. The van der Waals surface area contributed by atoms with Crippen LogP contribution in [0.1, 0.15) is 0 Å². The van der Waals surface area contributed by atoms with Crippen LogP contribution in [0.25, 0.3) is 0 Å². The van der Waals surface area contributed by atoms with Gasteiger partial charge in [-0.05, 0) is 0 Å². The van der Waals surface area contributed by atoms with Gasteiger partial charge < -0.3 is 0 Å². The van der Waals surface area contributed by atoms with E-state index in [2.05, 4.69) is 97.7 Å². The number of halogens is 1. The minimum atomic E-state index is -2.95. The van der Waals surface area contributed by atoms with Crippen LogP contribution >= 0.6 is 23.6 Å². The third-order valence-corrected chi connectivity index (χ3v) is 11.6. The van der Waals surface area contributed by atoms with E-state index < -0.39 is 6.60 Å². The molecule has 26 heavy (non-hydrogen) atoms. The van der Waals surface area contributed by atoms with Crippen LogP contribution in [0.2, 0.25) is 0 Å². The van der Waals surface area contributed by atoms with Crippen LogP contribution in [0, 0.1) is 0 Å². The Kier molecular flexibility index (Phi) is 5.64. The summed E-state index contributed by atoms with van der Waals surface area (Å²) in [6, 6.07) is 32.0. The number of benzene rings is 3. The van der Waals surface area contributed by atoms with E-state index in [-0.39, 0.29) is 23.0 Å². The standard InChI is InChI=1S/C22H23O2P.BrH/c1-25(22-23-17-18-24-22,19-11-5-2-6-12-19,20-13-7-3-8-14-20)21-15-9-4-10-16-21;/h2-16,22H,17-18H2,1H3;1H. The minimum absolute atomic E-state index is 0. The second-order valence-electron chi connectivity index (χ2n) is 6.71. The Labute approximate surface area is 165 Å². The van der Waals surface area contributed by atoms with Crippen molar-refractivity contribution in [3.63, 3.8) is 0 Å². The van der Waals surface area contributed by atoms with Crippen molar-refractivity contribution in [2.45, 2.75) is 6.03 Å². The average Bonchev–Trinajstić information content (AvgIpc) is 3.25. The van der Waals surface area contributed by atoms with Crippen molar-refractivity contribution < 1.29 is 9.47 Å². The maximum absolute atomic E-state index is 6.22. The molecule has 0 radical (unpaired) electrons. The van der Waals surface area contributed by atoms with Gasteiger partial charge in [-0.3, -0.25) is 0 Å². The van der Waals surface area contributed by atoms with Gasteiger partial charge in [-0.1, -0.05) is 0 Å². The predicted molar refractivity (Wildman–Crippen MR) is 117 cm³/mol. The zero-order valence-electron chi connectivity index (χ0n) is 14.8. The van der Waals surface area contributed by atoms with Crippen LogP contribution in [0.4, 0.5) is 0 Å². The molecule has 136 valence electrons. The molecule has 0 aliphatic carbocycles. The van der Waals surface area contributed by atoms with Crippen molar-refractivity contribution in [3.05, 3.63) is 91.0 Å². The molecule has 0 spiro atoms. The van der Waals surface area contributed by atoms with E-state index in [1.807, 2.05) is 0 Å². The monoisotopic (exact) mass is 430 g/mol. The summed E-state index contributed by atoms with van der Waals surface area (Å²) in [5.41, 5.74) is 0. The van der Waals surface area contributed by atoms with Gasteiger partial charge in [0.25, 0.3) is 0 Å². The molecule has 0 amide bonds.